The second-order valence-electron chi connectivity index (χ2n) is 3.67. The molecule has 0 bridgehead atoms. The SMILES string of the molecule is CCCCNCC(=O)NCc1cccnc1. The van der Waals surface area contributed by atoms with Crippen LogP contribution < -0.4 is 10.6 Å². The van der Waals surface area contributed by atoms with Crippen molar-refractivity contribution in [3.8, 4) is 0 Å². The van der Waals surface area contributed by atoms with Crippen molar-refractivity contribution < 1.29 is 4.79 Å². The Hall–Kier alpha value is -1.42. The fraction of sp³-hybridized carbons (Fsp3) is 0.500. The Morgan fingerprint density at radius 3 is 3.06 bits per heavy atom. The standard InChI is InChI=1S/C12H19N3O/c1-2-3-6-14-10-12(16)15-9-11-5-4-7-13-8-11/h4-5,7-8,14H,2-3,6,9-10H2,1H3,(H,15,16). The van der Waals surface area contributed by atoms with Gasteiger partial charge in [0.2, 0.25) is 5.91 Å². The molecule has 1 heterocycles. The lowest BCUT2D eigenvalue weighted by atomic mass is 10.3. The van der Waals surface area contributed by atoms with E-state index in [1.807, 2.05) is 12.1 Å². The predicted molar refractivity (Wildman–Crippen MR) is 63.9 cm³/mol. The minimum Gasteiger partial charge on any atom is -0.351 e. The van der Waals surface area contributed by atoms with E-state index in [1.54, 1.807) is 12.4 Å². The average Bonchev–Trinajstić information content (AvgIpc) is 2.33. The van der Waals surface area contributed by atoms with E-state index in [9.17, 15) is 4.79 Å². The third-order valence-electron chi connectivity index (χ3n) is 2.21. The number of amides is 1. The van der Waals surface area contributed by atoms with E-state index >= 15 is 0 Å². The highest BCUT2D eigenvalue weighted by molar-refractivity contribution is 5.77. The number of unbranched alkanes of at least 4 members (excludes halogenated alkanes) is 1. The van der Waals surface area contributed by atoms with Crippen LogP contribution in [0.25, 0.3) is 0 Å². The van der Waals surface area contributed by atoms with Gasteiger partial charge in [-0.2, -0.15) is 0 Å². The summed E-state index contributed by atoms with van der Waals surface area (Å²) in [6.07, 6.45) is 5.72. The quantitative estimate of drug-likeness (QED) is 0.678. The monoisotopic (exact) mass is 221 g/mol. The first-order valence-corrected chi connectivity index (χ1v) is 5.69. The van der Waals surface area contributed by atoms with E-state index in [-0.39, 0.29) is 5.91 Å². The molecule has 2 N–H and O–H groups in total. The molecule has 0 aliphatic rings. The van der Waals surface area contributed by atoms with Crippen molar-refractivity contribution in [2.45, 2.75) is 26.3 Å². The number of pyridine rings is 1. The smallest absolute Gasteiger partial charge is 0.234 e. The first kappa shape index (κ1) is 12.6. The number of nitrogens with one attached hydrogen (secondary N) is 2. The Morgan fingerprint density at radius 2 is 2.38 bits per heavy atom. The molecule has 0 fully saturated rings. The highest BCUT2D eigenvalue weighted by atomic mass is 16.1. The molecule has 4 nitrogen and oxygen atoms in total. The highest BCUT2D eigenvalue weighted by Crippen LogP contribution is 1.93. The average molecular weight is 221 g/mol. The summed E-state index contributed by atoms with van der Waals surface area (Å²) in [7, 11) is 0. The number of aromatic nitrogens is 1. The van der Waals surface area contributed by atoms with Gasteiger partial charge < -0.3 is 10.6 Å². The molecule has 1 aromatic rings. The Morgan fingerprint density at radius 1 is 1.50 bits per heavy atom. The van der Waals surface area contributed by atoms with Crippen LogP contribution in [0, 0.1) is 0 Å². The van der Waals surface area contributed by atoms with Gasteiger partial charge in [0.1, 0.15) is 0 Å². The second-order valence-corrected chi connectivity index (χ2v) is 3.67. The second kappa shape index (κ2) is 7.82. The van der Waals surface area contributed by atoms with Crippen molar-refractivity contribution in [3.63, 3.8) is 0 Å². The van der Waals surface area contributed by atoms with Crippen LogP contribution in [-0.2, 0) is 11.3 Å². The number of rotatable bonds is 7. The number of hydrogen-bond acceptors (Lipinski definition) is 3. The molecule has 0 saturated carbocycles. The van der Waals surface area contributed by atoms with Crippen molar-refractivity contribution in [2.24, 2.45) is 0 Å². The van der Waals surface area contributed by atoms with Crippen LogP contribution in [0.5, 0.6) is 0 Å². The van der Waals surface area contributed by atoms with Crippen molar-refractivity contribution in [3.05, 3.63) is 30.1 Å². The van der Waals surface area contributed by atoms with Gasteiger partial charge >= 0.3 is 0 Å². The molecule has 0 radical (unpaired) electrons. The molecule has 1 aromatic heterocycles. The molecule has 0 aromatic carbocycles. The van der Waals surface area contributed by atoms with E-state index < -0.39 is 0 Å². The Bertz CT molecular complexity index is 300. The van der Waals surface area contributed by atoms with Gasteiger partial charge in [-0.1, -0.05) is 19.4 Å². The molecular weight excluding hydrogens is 202 g/mol. The summed E-state index contributed by atoms with van der Waals surface area (Å²) >= 11 is 0. The molecule has 0 unspecified atom stereocenters. The Kier molecular flexibility index (Phi) is 6.18. The number of carbonyl (C=O) groups excluding carboxylic acids is 1. The first-order chi connectivity index (χ1) is 7.83. The minimum absolute atomic E-state index is 0.0277. The van der Waals surface area contributed by atoms with Crippen LogP contribution in [0.2, 0.25) is 0 Å². The van der Waals surface area contributed by atoms with Crippen LogP contribution in [0.4, 0.5) is 0 Å². The molecule has 1 rings (SSSR count). The van der Waals surface area contributed by atoms with Gasteiger partial charge in [-0.15, -0.1) is 0 Å². The number of carbonyl (C=O) groups is 1. The van der Waals surface area contributed by atoms with E-state index in [2.05, 4.69) is 22.5 Å². The van der Waals surface area contributed by atoms with Crippen LogP contribution in [-0.4, -0.2) is 24.0 Å². The van der Waals surface area contributed by atoms with Crippen LogP contribution >= 0.6 is 0 Å². The van der Waals surface area contributed by atoms with Crippen molar-refractivity contribution >= 4 is 5.91 Å². The molecule has 0 atom stereocenters. The fourth-order valence-corrected chi connectivity index (χ4v) is 1.27. The summed E-state index contributed by atoms with van der Waals surface area (Å²) in [5, 5.41) is 5.93. The predicted octanol–water partition coefficient (Wildman–Crippen LogP) is 1.09. The molecule has 0 saturated heterocycles. The summed E-state index contributed by atoms with van der Waals surface area (Å²) in [4.78, 5) is 15.4. The molecular formula is C12H19N3O. The lowest BCUT2D eigenvalue weighted by Gasteiger charge is -2.05. The van der Waals surface area contributed by atoms with Crippen LogP contribution in [0.1, 0.15) is 25.3 Å². The van der Waals surface area contributed by atoms with Gasteiger partial charge in [-0.05, 0) is 24.6 Å². The highest BCUT2D eigenvalue weighted by Gasteiger charge is 1.99. The zero-order valence-electron chi connectivity index (χ0n) is 9.70. The van der Waals surface area contributed by atoms with Crippen molar-refractivity contribution in [1.82, 2.24) is 15.6 Å². The maximum Gasteiger partial charge on any atom is 0.234 e. The number of hydrogen-bond donors (Lipinski definition) is 2. The van der Waals surface area contributed by atoms with Gasteiger partial charge in [0.15, 0.2) is 0 Å². The lowest BCUT2D eigenvalue weighted by molar-refractivity contribution is -0.120. The third kappa shape index (κ3) is 5.46. The normalized spacial score (nSPS) is 10.1. The van der Waals surface area contributed by atoms with Crippen molar-refractivity contribution in [1.29, 1.82) is 0 Å². The van der Waals surface area contributed by atoms with Gasteiger partial charge in [0, 0.05) is 18.9 Å². The summed E-state index contributed by atoms with van der Waals surface area (Å²) in [6, 6.07) is 3.80. The molecule has 88 valence electrons. The molecule has 0 aliphatic carbocycles. The van der Waals surface area contributed by atoms with Gasteiger partial charge in [-0.25, -0.2) is 0 Å². The van der Waals surface area contributed by atoms with Crippen LogP contribution in [0.3, 0.4) is 0 Å². The van der Waals surface area contributed by atoms with E-state index in [4.69, 9.17) is 0 Å². The first-order valence-electron chi connectivity index (χ1n) is 5.69. The van der Waals surface area contributed by atoms with Crippen molar-refractivity contribution in [2.75, 3.05) is 13.1 Å². The zero-order chi connectivity index (χ0) is 11.6. The minimum atomic E-state index is 0.0277. The van der Waals surface area contributed by atoms with E-state index in [1.165, 1.54) is 0 Å². The molecule has 4 heteroatoms. The molecule has 16 heavy (non-hydrogen) atoms. The summed E-state index contributed by atoms with van der Waals surface area (Å²) in [5.74, 6) is 0.0277. The molecule has 1 amide bonds. The van der Waals surface area contributed by atoms with Gasteiger partial charge in [-0.3, -0.25) is 9.78 Å². The summed E-state index contributed by atoms with van der Waals surface area (Å²) in [5.41, 5.74) is 1.02. The Balaban J connectivity index is 2.11. The maximum absolute atomic E-state index is 11.4. The zero-order valence-corrected chi connectivity index (χ0v) is 9.70. The molecule has 0 aliphatic heterocycles. The largest absolute Gasteiger partial charge is 0.351 e. The van der Waals surface area contributed by atoms with E-state index in [0.717, 1.165) is 24.9 Å². The third-order valence-corrected chi connectivity index (χ3v) is 2.21. The number of nitrogens with zero attached hydrogens (tertiary/aromatic N) is 1. The van der Waals surface area contributed by atoms with Gasteiger partial charge in [0.05, 0.1) is 6.54 Å². The van der Waals surface area contributed by atoms with Gasteiger partial charge in [0.25, 0.3) is 0 Å². The maximum atomic E-state index is 11.4. The fourth-order valence-electron chi connectivity index (χ4n) is 1.27. The Labute approximate surface area is 96.5 Å². The van der Waals surface area contributed by atoms with E-state index in [0.29, 0.717) is 13.1 Å². The summed E-state index contributed by atoms with van der Waals surface area (Å²) < 4.78 is 0. The molecule has 0 spiro atoms. The lowest BCUT2D eigenvalue weighted by Crippen LogP contribution is -2.33. The summed E-state index contributed by atoms with van der Waals surface area (Å²) in [6.45, 7) is 3.96. The van der Waals surface area contributed by atoms with Crippen LogP contribution in [0.15, 0.2) is 24.5 Å². The topological polar surface area (TPSA) is 54.0 Å².